The van der Waals surface area contributed by atoms with E-state index in [1.54, 1.807) is 6.92 Å². The van der Waals surface area contributed by atoms with E-state index in [9.17, 15) is 23.3 Å². The van der Waals surface area contributed by atoms with Crippen molar-refractivity contribution in [2.45, 2.75) is 45.6 Å². The zero-order valence-corrected chi connectivity index (χ0v) is 18.9. The molecule has 9 heteroatoms. The lowest BCUT2D eigenvalue weighted by Crippen LogP contribution is -2.35. The summed E-state index contributed by atoms with van der Waals surface area (Å²) in [4.78, 5) is 22.8. The van der Waals surface area contributed by atoms with Crippen molar-refractivity contribution in [3.63, 3.8) is 0 Å². The van der Waals surface area contributed by atoms with Crippen LogP contribution in [-0.2, 0) is 21.2 Å². The van der Waals surface area contributed by atoms with E-state index in [-0.39, 0.29) is 36.3 Å². The van der Waals surface area contributed by atoms with Crippen LogP contribution in [0, 0.1) is 17.0 Å². The number of nitrogens with one attached hydrogen (secondary N) is 1. The summed E-state index contributed by atoms with van der Waals surface area (Å²) in [5.74, 6) is -0.148. The molecule has 0 saturated carbocycles. The molecular weight excluding hydrogens is 418 g/mol. The van der Waals surface area contributed by atoms with Crippen LogP contribution in [-0.4, -0.2) is 38.1 Å². The predicted octanol–water partition coefficient (Wildman–Crippen LogP) is 3.59. The van der Waals surface area contributed by atoms with Gasteiger partial charge >= 0.3 is 0 Å². The number of carbonyl (C=O) groups excluding carboxylic acids is 1. The number of benzene rings is 2. The number of carbonyl (C=O) groups is 1. The molecule has 31 heavy (non-hydrogen) atoms. The minimum absolute atomic E-state index is 0.00210. The van der Waals surface area contributed by atoms with Gasteiger partial charge in [-0.15, -0.1) is 0 Å². The smallest absolute Gasteiger partial charge is 0.271 e. The molecule has 168 valence electrons. The maximum absolute atomic E-state index is 12.3. The van der Waals surface area contributed by atoms with Gasteiger partial charge in [0.2, 0.25) is 15.9 Å². The van der Waals surface area contributed by atoms with Gasteiger partial charge < -0.3 is 5.32 Å². The summed E-state index contributed by atoms with van der Waals surface area (Å²) in [5, 5.41) is 14.0. The minimum Gasteiger partial charge on any atom is -0.354 e. The Morgan fingerprint density at radius 1 is 1.19 bits per heavy atom. The lowest BCUT2D eigenvalue weighted by atomic mass is 10.1. The maximum atomic E-state index is 12.3. The highest BCUT2D eigenvalue weighted by molar-refractivity contribution is 7.92. The Hall–Kier alpha value is -2.94. The molecule has 1 atom stereocenters. The highest BCUT2D eigenvalue weighted by Crippen LogP contribution is 2.27. The third kappa shape index (κ3) is 7.67. The molecule has 0 aliphatic rings. The fraction of sp³-hybridized carbons (Fsp3) is 0.409. The highest BCUT2D eigenvalue weighted by Gasteiger charge is 2.22. The first-order valence-corrected chi connectivity index (χ1v) is 12.0. The van der Waals surface area contributed by atoms with Crippen LogP contribution in [0.2, 0.25) is 0 Å². The van der Waals surface area contributed by atoms with E-state index >= 15 is 0 Å². The monoisotopic (exact) mass is 447 g/mol. The molecule has 0 radical (unpaired) electrons. The molecule has 2 rings (SSSR count). The Morgan fingerprint density at radius 3 is 2.48 bits per heavy atom. The molecule has 0 heterocycles. The lowest BCUT2D eigenvalue weighted by Gasteiger charge is -2.24. The first-order chi connectivity index (χ1) is 14.6. The summed E-state index contributed by atoms with van der Waals surface area (Å²) in [6.07, 6.45) is 3.17. The zero-order valence-electron chi connectivity index (χ0n) is 18.1. The number of non-ortho nitro benzene ring substituents is 1. The number of sulfonamides is 1. The van der Waals surface area contributed by atoms with E-state index in [1.165, 1.54) is 23.8 Å². The topological polar surface area (TPSA) is 110 Å². The summed E-state index contributed by atoms with van der Waals surface area (Å²) in [6.45, 7) is 3.70. The first kappa shape index (κ1) is 24.3. The third-order valence-electron chi connectivity index (χ3n) is 4.95. The number of rotatable bonds is 11. The van der Waals surface area contributed by atoms with E-state index in [0.717, 1.165) is 23.4 Å². The summed E-state index contributed by atoms with van der Waals surface area (Å²) in [6, 6.07) is 14.1. The van der Waals surface area contributed by atoms with Crippen molar-refractivity contribution in [2.24, 2.45) is 0 Å². The summed E-state index contributed by atoms with van der Waals surface area (Å²) < 4.78 is 25.7. The fourth-order valence-corrected chi connectivity index (χ4v) is 4.29. The zero-order chi connectivity index (χ0) is 23.0. The standard InChI is InChI=1S/C22H29N3O5S/c1-17-11-14-20(25(27)28)16-21(17)24(31(3,29)30)15-7-10-22(26)23-18(2)12-13-19-8-5-4-6-9-19/h4-6,8-9,11,14,16,18H,7,10,12-13,15H2,1-3H3,(H,23,26). The number of anilines is 1. The Kier molecular flexibility index (Phi) is 8.56. The van der Waals surface area contributed by atoms with Crippen LogP contribution in [0.4, 0.5) is 11.4 Å². The van der Waals surface area contributed by atoms with Crippen LogP contribution in [0.25, 0.3) is 0 Å². The Morgan fingerprint density at radius 2 is 1.87 bits per heavy atom. The van der Waals surface area contributed by atoms with Crippen LogP contribution in [0.1, 0.15) is 37.3 Å². The van der Waals surface area contributed by atoms with E-state index in [1.807, 2.05) is 37.3 Å². The van der Waals surface area contributed by atoms with Crippen LogP contribution >= 0.6 is 0 Å². The number of nitro groups is 1. The first-order valence-electron chi connectivity index (χ1n) is 10.1. The van der Waals surface area contributed by atoms with Gasteiger partial charge in [-0.1, -0.05) is 36.4 Å². The Bertz CT molecular complexity index is 1010. The molecule has 0 aliphatic heterocycles. The van der Waals surface area contributed by atoms with E-state index in [2.05, 4.69) is 5.32 Å². The van der Waals surface area contributed by atoms with Crippen LogP contribution in [0.5, 0.6) is 0 Å². The van der Waals surface area contributed by atoms with Gasteiger partial charge in [0.05, 0.1) is 16.9 Å². The SMILES string of the molecule is Cc1ccc([N+](=O)[O-])cc1N(CCCC(=O)NC(C)CCc1ccccc1)S(C)(=O)=O. The molecule has 1 amide bonds. The minimum atomic E-state index is -3.66. The number of amides is 1. The predicted molar refractivity (Wildman–Crippen MR) is 122 cm³/mol. The van der Waals surface area contributed by atoms with Gasteiger partial charge in [-0.25, -0.2) is 8.42 Å². The fourth-order valence-electron chi connectivity index (χ4n) is 3.28. The molecule has 2 aromatic rings. The molecule has 0 fully saturated rings. The average Bonchev–Trinajstić information content (AvgIpc) is 2.70. The van der Waals surface area contributed by atoms with Gasteiger partial charge in [-0.2, -0.15) is 0 Å². The quantitative estimate of drug-likeness (QED) is 0.418. The van der Waals surface area contributed by atoms with Crippen LogP contribution in [0.15, 0.2) is 48.5 Å². The molecule has 1 unspecified atom stereocenters. The van der Waals surface area contributed by atoms with Crippen molar-refractivity contribution in [1.29, 1.82) is 0 Å². The largest absolute Gasteiger partial charge is 0.354 e. The van der Waals surface area contributed by atoms with Crippen molar-refractivity contribution in [3.05, 3.63) is 69.8 Å². The number of hydrogen-bond donors (Lipinski definition) is 1. The van der Waals surface area contributed by atoms with Crippen molar-refractivity contribution in [2.75, 3.05) is 17.1 Å². The second-order valence-corrected chi connectivity index (χ2v) is 9.57. The molecule has 2 aromatic carbocycles. The van der Waals surface area contributed by atoms with Crippen molar-refractivity contribution in [3.8, 4) is 0 Å². The molecule has 0 saturated heterocycles. The van der Waals surface area contributed by atoms with E-state index in [4.69, 9.17) is 0 Å². The number of nitrogens with zero attached hydrogens (tertiary/aromatic N) is 2. The number of aryl methyl sites for hydroxylation is 2. The summed E-state index contributed by atoms with van der Waals surface area (Å²) in [7, 11) is -3.66. The lowest BCUT2D eigenvalue weighted by molar-refractivity contribution is -0.384. The van der Waals surface area contributed by atoms with Gasteiger partial charge in [0.25, 0.3) is 5.69 Å². The second-order valence-electron chi connectivity index (χ2n) is 7.66. The van der Waals surface area contributed by atoms with Crippen LogP contribution in [0.3, 0.4) is 0 Å². The molecule has 0 aliphatic carbocycles. The van der Waals surface area contributed by atoms with Gasteiger partial charge in [0, 0.05) is 31.1 Å². The van der Waals surface area contributed by atoms with Crippen molar-refractivity contribution < 1.29 is 18.1 Å². The Balaban J connectivity index is 1.92. The molecular formula is C22H29N3O5S. The molecule has 0 bridgehead atoms. The average molecular weight is 448 g/mol. The van der Waals surface area contributed by atoms with Crippen molar-refractivity contribution >= 4 is 27.3 Å². The number of hydrogen-bond acceptors (Lipinski definition) is 5. The molecule has 0 spiro atoms. The molecule has 1 N–H and O–H groups in total. The third-order valence-corrected chi connectivity index (χ3v) is 6.13. The second kappa shape index (κ2) is 10.9. The molecule has 8 nitrogen and oxygen atoms in total. The van der Waals surface area contributed by atoms with Crippen molar-refractivity contribution in [1.82, 2.24) is 5.32 Å². The van der Waals surface area contributed by atoms with Gasteiger partial charge in [0.1, 0.15) is 0 Å². The van der Waals surface area contributed by atoms with Gasteiger partial charge in [-0.05, 0) is 44.2 Å². The summed E-state index contributed by atoms with van der Waals surface area (Å²) in [5.41, 5.74) is 1.89. The van der Waals surface area contributed by atoms with E-state index in [0.29, 0.717) is 12.0 Å². The molecule has 0 aromatic heterocycles. The normalized spacial score (nSPS) is 12.2. The highest BCUT2D eigenvalue weighted by atomic mass is 32.2. The number of nitro benzene ring substituents is 1. The van der Waals surface area contributed by atoms with Gasteiger partial charge in [-0.3, -0.25) is 19.2 Å². The van der Waals surface area contributed by atoms with Crippen LogP contribution < -0.4 is 9.62 Å². The Labute approximate surface area is 183 Å². The maximum Gasteiger partial charge on any atom is 0.271 e. The van der Waals surface area contributed by atoms with E-state index < -0.39 is 14.9 Å². The van der Waals surface area contributed by atoms with Gasteiger partial charge in [0.15, 0.2) is 0 Å². The summed E-state index contributed by atoms with van der Waals surface area (Å²) >= 11 is 0.